The highest BCUT2D eigenvalue weighted by atomic mass is 32.2. The minimum absolute atomic E-state index is 0.00946. The summed E-state index contributed by atoms with van der Waals surface area (Å²) in [6.07, 6.45) is 0.288. The molecule has 1 saturated heterocycles. The average molecular weight is 329 g/mol. The van der Waals surface area contributed by atoms with Gasteiger partial charge in [0.2, 0.25) is 17.8 Å². The van der Waals surface area contributed by atoms with Crippen molar-refractivity contribution in [2.45, 2.75) is 18.6 Å². The number of anilines is 2. The Labute approximate surface area is 137 Å². The lowest BCUT2D eigenvalue weighted by molar-refractivity contribution is -0.117. The molecule has 2 N–H and O–H groups in total. The third-order valence-corrected chi connectivity index (χ3v) is 4.32. The second-order valence-electron chi connectivity index (χ2n) is 5.12. The predicted molar refractivity (Wildman–Crippen MR) is 88.7 cm³/mol. The predicted octanol–water partition coefficient (Wildman–Crippen LogP) is 1.51. The van der Waals surface area contributed by atoms with E-state index in [1.165, 1.54) is 23.6 Å². The van der Waals surface area contributed by atoms with Gasteiger partial charge in [0, 0.05) is 30.7 Å². The van der Waals surface area contributed by atoms with Gasteiger partial charge in [-0.1, -0.05) is 42.1 Å². The van der Waals surface area contributed by atoms with Crippen LogP contribution in [0.5, 0.6) is 0 Å². The Morgan fingerprint density at radius 2 is 2.00 bits per heavy atom. The minimum Gasteiger partial charge on any atom is -0.368 e. The number of hydrogen-bond donors (Lipinski definition) is 1. The monoisotopic (exact) mass is 329 g/mol. The summed E-state index contributed by atoms with van der Waals surface area (Å²) in [6, 6.07) is 9.35. The van der Waals surface area contributed by atoms with Gasteiger partial charge in [-0.2, -0.15) is 15.0 Å². The second-order valence-corrected chi connectivity index (χ2v) is 6.60. The molecule has 1 aliphatic heterocycles. The number of nitrogens with zero attached hydrogens (tertiary/aromatic N) is 4. The highest BCUT2D eigenvalue weighted by Gasteiger charge is 2.33. The van der Waals surface area contributed by atoms with Gasteiger partial charge in [0.15, 0.2) is 10.9 Å². The maximum Gasteiger partial charge on any atom is 0.237 e. The van der Waals surface area contributed by atoms with E-state index in [1.54, 1.807) is 0 Å². The second kappa shape index (κ2) is 6.33. The first kappa shape index (κ1) is 15.4. The zero-order chi connectivity index (χ0) is 16.4. The molecule has 0 aliphatic carbocycles. The Hall–Kier alpha value is -2.48. The lowest BCUT2D eigenvalue weighted by Crippen LogP contribution is -2.27. The summed E-state index contributed by atoms with van der Waals surface area (Å²) in [6.45, 7) is 1.88. The molecule has 0 saturated carbocycles. The molecule has 1 aromatic carbocycles. The lowest BCUT2D eigenvalue weighted by atomic mass is 10.2. The summed E-state index contributed by atoms with van der Waals surface area (Å²) in [7, 11) is 0. The van der Waals surface area contributed by atoms with Gasteiger partial charge >= 0.3 is 0 Å². The van der Waals surface area contributed by atoms with Gasteiger partial charge in [-0.25, -0.2) is 0 Å². The third-order valence-electron chi connectivity index (χ3n) is 3.34. The van der Waals surface area contributed by atoms with Gasteiger partial charge in [0.05, 0.1) is 0 Å². The number of carbonyl (C=O) groups excluding carboxylic acids is 2. The van der Waals surface area contributed by atoms with Crippen LogP contribution in [-0.2, 0) is 9.59 Å². The zero-order valence-electron chi connectivity index (χ0n) is 12.5. The molecule has 0 radical (unpaired) electrons. The fourth-order valence-electron chi connectivity index (χ4n) is 2.40. The van der Waals surface area contributed by atoms with Gasteiger partial charge < -0.3 is 5.73 Å². The zero-order valence-corrected chi connectivity index (χ0v) is 13.3. The largest absolute Gasteiger partial charge is 0.368 e. The van der Waals surface area contributed by atoms with E-state index in [0.29, 0.717) is 12.4 Å². The van der Waals surface area contributed by atoms with E-state index in [2.05, 4.69) is 15.0 Å². The summed E-state index contributed by atoms with van der Waals surface area (Å²) in [4.78, 5) is 37.4. The molecule has 0 bridgehead atoms. The van der Waals surface area contributed by atoms with Crippen molar-refractivity contribution in [3.8, 4) is 11.4 Å². The number of nitrogens with two attached hydrogens (primary N) is 1. The summed E-state index contributed by atoms with van der Waals surface area (Å²) in [5.41, 5.74) is 6.56. The van der Waals surface area contributed by atoms with Crippen LogP contribution in [0.3, 0.4) is 0 Å². The van der Waals surface area contributed by atoms with Crippen molar-refractivity contribution in [1.29, 1.82) is 0 Å². The Bertz CT molecular complexity index is 753. The number of carbonyl (C=O) groups is 2. The number of amides is 1. The van der Waals surface area contributed by atoms with Crippen LogP contribution in [0.2, 0.25) is 0 Å². The topological polar surface area (TPSA) is 102 Å². The van der Waals surface area contributed by atoms with Crippen molar-refractivity contribution in [2.75, 3.05) is 17.2 Å². The molecule has 1 aliphatic rings. The van der Waals surface area contributed by atoms with E-state index in [0.717, 1.165) is 5.56 Å². The molecule has 1 unspecified atom stereocenters. The van der Waals surface area contributed by atoms with Crippen LogP contribution in [0.15, 0.2) is 30.3 Å². The van der Waals surface area contributed by atoms with Crippen LogP contribution in [0, 0.1) is 0 Å². The maximum atomic E-state index is 12.2. The molecule has 0 spiro atoms. The molecule has 118 valence electrons. The fourth-order valence-corrected chi connectivity index (χ4v) is 3.32. The molecule has 7 nitrogen and oxygen atoms in total. The van der Waals surface area contributed by atoms with Crippen LogP contribution in [0.4, 0.5) is 11.9 Å². The van der Waals surface area contributed by atoms with Gasteiger partial charge in [-0.3, -0.25) is 14.5 Å². The van der Waals surface area contributed by atoms with Gasteiger partial charge in [-0.05, 0) is 0 Å². The number of rotatable bonds is 3. The van der Waals surface area contributed by atoms with Crippen LogP contribution < -0.4 is 10.6 Å². The molecular weight excluding hydrogens is 314 g/mol. The van der Waals surface area contributed by atoms with E-state index in [1.807, 2.05) is 30.3 Å². The normalized spacial score (nSPS) is 17.5. The molecule has 1 amide bonds. The Morgan fingerprint density at radius 1 is 1.26 bits per heavy atom. The molecule has 3 rings (SSSR count). The van der Waals surface area contributed by atoms with E-state index in [9.17, 15) is 9.59 Å². The van der Waals surface area contributed by atoms with Crippen molar-refractivity contribution >= 4 is 34.7 Å². The highest BCUT2D eigenvalue weighted by Crippen LogP contribution is 2.28. The number of thioether (sulfide) groups is 1. The molecule has 1 fully saturated rings. The van der Waals surface area contributed by atoms with Crippen LogP contribution in [0.25, 0.3) is 11.4 Å². The first-order valence-corrected chi connectivity index (χ1v) is 7.95. The van der Waals surface area contributed by atoms with Crippen molar-refractivity contribution in [3.05, 3.63) is 30.3 Å². The highest BCUT2D eigenvalue weighted by molar-refractivity contribution is 8.14. The number of hydrogen-bond acceptors (Lipinski definition) is 7. The van der Waals surface area contributed by atoms with Crippen LogP contribution in [0.1, 0.15) is 13.3 Å². The number of aromatic nitrogens is 3. The molecule has 1 aromatic heterocycles. The first-order chi connectivity index (χ1) is 11.0. The Morgan fingerprint density at radius 3 is 2.70 bits per heavy atom. The summed E-state index contributed by atoms with van der Waals surface area (Å²) in [5, 5.41) is -0.0945. The number of benzene rings is 1. The maximum absolute atomic E-state index is 12.2. The Balaban J connectivity index is 1.90. The average Bonchev–Trinajstić information content (AvgIpc) is 2.87. The minimum atomic E-state index is -0.117. The summed E-state index contributed by atoms with van der Waals surface area (Å²) >= 11 is 1.17. The smallest absolute Gasteiger partial charge is 0.237 e. The lowest BCUT2D eigenvalue weighted by Gasteiger charge is -2.15. The van der Waals surface area contributed by atoms with Crippen molar-refractivity contribution in [2.24, 2.45) is 0 Å². The van der Waals surface area contributed by atoms with Crippen LogP contribution in [-0.4, -0.2) is 37.8 Å². The van der Waals surface area contributed by atoms with Crippen molar-refractivity contribution in [1.82, 2.24) is 15.0 Å². The van der Waals surface area contributed by atoms with Gasteiger partial charge in [0.1, 0.15) is 0 Å². The third kappa shape index (κ3) is 3.48. The molecule has 2 heterocycles. The number of nitrogen functional groups attached to an aromatic ring is 1. The first-order valence-electron chi connectivity index (χ1n) is 7.07. The van der Waals surface area contributed by atoms with E-state index in [4.69, 9.17) is 5.73 Å². The molecule has 23 heavy (non-hydrogen) atoms. The Kier molecular flexibility index (Phi) is 4.24. The fraction of sp³-hybridized carbons (Fsp3) is 0.267. The quantitative estimate of drug-likeness (QED) is 0.910. The van der Waals surface area contributed by atoms with Crippen LogP contribution >= 0.6 is 11.8 Å². The summed E-state index contributed by atoms with van der Waals surface area (Å²) in [5.74, 6) is 0.592. The van der Waals surface area contributed by atoms with Gasteiger partial charge in [0.25, 0.3) is 0 Å². The molecule has 2 aromatic rings. The van der Waals surface area contributed by atoms with E-state index < -0.39 is 0 Å². The SMILES string of the molecule is CC(=O)SC1CC(=O)N(c2nc(N)nc(-c3ccccc3)n2)C1. The molecule has 8 heteroatoms. The van der Waals surface area contributed by atoms with Crippen molar-refractivity contribution in [3.63, 3.8) is 0 Å². The standard InChI is InChI=1S/C15H15N5O2S/c1-9(21)23-11-7-12(22)20(8-11)15-18-13(17-14(16)19-15)10-5-3-2-4-6-10/h2-6,11H,7-8H2,1H3,(H2,16,17,18,19). The molecule has 1 atom stereocenters. The van der Waals surface area contributed by atoms with Crippen molar-refractivity contribution < 1.29 is 9.59 Å². The molecular formula is C15H15N5O2S. The summed E-state index contributed by atoms with van der Waals surface area (Å²) < 4.78 is 0. The van der Waals surface area contributed by atoms with Gasteiger partial charge in [-0.15, -0.1) is 0 Å². The van der Waals surface area contributed by atoms with E-state index in [-0.39, 0.29) is 34.6 Å². The van der Waals surface area contributed by atoms with E-state index >= 15 is 0 Å².